The molecular formula is C19H19NO6. The topological polar surface area (TPSA) is 90.9 Å². The fourth-order valence-electron chi connectivity index (χ4n) is 2.18. The molecule has 0 radical (unpaired) electrons. The van der Waals surface area contributed by atoms with E-state index >= 15 is 0 Å². The third-order valence-electron chi connectivity index (χ3n) is 3.50. The van der Waals surface area contributed by atoms with Gasteiger partial charge in [-0.3, -0.25) is 19.7 Å². The van der Waals surface area contributed by atoms with Gasteiger partial charge in [-0.1, -0.05) is 18.2 Å². The maximum absolute atomic E-state index is 11.9. The Kier molecular flexibility index (Phi) is 6.73. The molecule has 0 heterocycles. The lowest BCUT2D eigenvalue weighted by atomic mass is 10.1. The molecule has 7 nitrogen and oxygen atoms in total. The second-order valence-electron chi connectivity index (χ2n) is 5.26. The lowest BCUT2D eigenvalue weighted by Gasteiger charge is -2.09. The maximum atomic E-state index is 11.9. The van der Waals surface area contributed by atoms with Gasteiger partial charge in [0.2, 0.25) is 0 Å². The first kappa shape index (κ1) is 19.0. The number of para-hydroxylation sites is 1. The zero-order chi connectivity index (χ0) is 18.9. The van der Waals surface area contributed by atoms with Gasteiger partial charge in [0, 0.05) is 11.1 Å². The molecule has 0 bridgehead atoms. The predicted octanol–water partition coefficient (Wildman–Crippen LogP) is 1.75. The van der Waals surface area contributed by atoms with Crippen LogP contribution >= 0.6 is 0 Å². The third-order valence-corrected chi connectivity index (χ3v) is 3.50. The Morgan fingerprint density at radius 2 is 1.62 bits per heavy atom. The molecule has 26 heavy (non-hydrogen) atoms. The van der Waals surface area contributed by atoms with Crippen molar-refractivity contribution >= 4 is 17.8 Å². The van der Waals surface area contributed by atoms with Crippen LogP contribution in [0.3, 0.4) is 0 Å². The number of hydrogen-bond donors (Lipinski definition) is 1. The van der Waals surface area contributed by atoms with Gasteiger partial charge < -0.3 is 14.2 Å². The highest BCUT2D eigenvalue weighted by Gasteiger charge is 2.14. The third kappa shape index (κ3) is 5.34. The molecule has 1 N–H and O–H groups in total. The van der Waals surface area contributed by atoms with Crippen molar-refractivity contribution in [2.45, 2.75) is 6.42 Å². The van der Waals surface area contributed by atoms with Gasteiger partial charge in [0.1, 0.15) is 11.5 Å². The lowest BCUT2D eigenvalue weighted by Crippen LogP contribution is -2.34. The molecule has 0 spiro atoms. The van der Waals surface area contributed by atoms with E-state index in [1.54, 1.807) is 36.4 Å². The molecule has 7 heteroatoms. The highest BCUT2D eigenvalue weighted by atomic mass is 16.5. The van der Waals surface area contributed by atoms with E-state index in [1.807, 2.05) is 0 Å². The molecule has 0 unspecified atom stereocenters. The number of methoxy groups -OCH3 is 2. The van der Waals surface area contributed by atoms with E-state index in [2.05, 4.69) is 5.32 Å². The van der Waals surface area contributed by atoms with Crippen LogP contribution in [0.5, 0.6) is 11.5 Å². The molecule has 0 fully saturated rings. The zero-order valence-corrected chi connectivity index (χ0v) is 14.5. The quantitative estimate of drug-likeness (QED) is 0.759. The first-order valence-corrected chi connectivity index (χ1v) is 7.79. The van der Waals surface area contributed by atoms with E-state index in [4.69, 9.17) is 14.2 Å². The van der Waals surface area contributed by atoms with Crippen LogP contribution in [0.1, 0.15) is 15.9 Å². The highest BCUT2D eigenvalue weighted by molar-refractivity contribution is 6.05. The highest BCUT2D eigenvalue weighted by Crippen LogP contribution is 2.18. The van der Waals surface area contributed by atoms with Crippen LogP contribution in [-0.2, 0) is 20.7 Å². The SMILES string of the molecule is COc1ccc(C(=O)NC(=O)COC(=O)Cc2ccccc2OC)cc1. The molecule has 0 atom stereocenters. The second kappa shape index (κ2) is 9.22. The molecule has 0 aliphatic rings. The Balaban J connectivity index is 1.82. The van der Waals surface area contributed by atoms with Gasteiger partial charge in [-0.25, -0.2) is 0 Å². The number of hydrogen-bond acceptors (Lipinski definition) is 6. The minimum atomic E-state index is -0.709. The number of nitrogens with one attached hydrogen (secondary N) is 1. The number of esters is 1. The van der Waals surface area contributed by atoms with E-state index < -0.39 is 24.4 Å². The number of carbonyl (C=O) groups excluding carboxylic acids is 3. The fraction of sp³-hybridized carbons (Fsp3) is 0.211. The van der Waals surface area contributed by atoms with Gasteiger partial charge in [0.15, 0.2) is 6.61 Å². The average molecular weight is 357 g/mol. The predicted molar refractivity (Wildman–Crippen MR) is 93.1 cm³/mol. The number of amides is 2. The summed E-state index contributed by atoms with van der Waals surface area (Å²) in [5.74, 6) is -0.735. The average Bonchev–Trinajstić information content (AvgIpc) is 2.67. The fourth-order valence-corrected chi connectivity index (χ4v) is 2.18. The van der Waals surface area contributed by atoms with Gasteiger partial charge in [0.25, 0.3) is 11.8 Å². The molecule has 2 rings (SSSR count). The lowest BCUT2D eigenvalue weighted by molar-refractivity contribution is -0.147. The summed E-state index contributed by atoms with van der Waals surface area (Å²) in [6.45, 7) is -0.546. The van der Waals surface area contributed by atoms with Crippen LogP contribution in [0, 0.1) is 0 Å². The van der Waals surface area contributed by atoms with Crippen LogP contribution in [0.4, 0.5) is 0 Å². The van der Waals surface area contributed by atoms with Crippen LogP contribution in [0.25, 0.3) is 0 Å². The molecule has 0 saturated carbocycles. The monoisotopic (exact) mass is 357 g/mol. The van der Waals surface area contributed by atoms with Crippen molar-refractivity contribution in [2.24, 2.45) is 0 Å². The molecular weight excluding hydrogens is 338 g/mol. The number of rotatable bonds is 7. The summed E-state index contributed by atoms with van der Waals surface area (Å²) in [4.78, 5) is 35.6. The smallest absolute Gasteiger partial charge is 0.310 e. The van der Waals surface area contributed by atoms with Crippen molar-refractivity contribution in [1.29, 1.82) is 0 Å². The van der Waals surface area contributed by atoms with Gasteiger partial charge in [-0.2, -0.15) is 0 Å². The van der Waals surface area contributed by atoms with Crippen LogP contribution in [0.2, 0.25) is 0 Å². The van der Waals surface area contributed by atoms with Crippen molar-refractivity contribution in [3.63, 3.8) is 0 Å². The van der Waals surface area contributed by atoms with Crippen molar-refractivity contribution in [1.82, 2.24) is 5.32 Å². The van der Waals surface area contributed by atoms with Crippen molar-refractivity contribution in [3.05, 3.63) is 59.7 Å². The number of imide groups is 1. The summed E-state index contributed by atoms with van der Waals surface area (Å²) in [5.41, 5.74) is 0.939. The molecule has 2 aromatic carbocycles. The van der Waals surface area contributed by atoms with E-state index in [1.165, 1.54) is 26.4 Å². The summed E-state index contributed by atoms with van der Waals surface area (Å²) in [7, 11) is 3.01. The minimum absolute atomic E-state index is 0.0380. The Morgan fingerprint density at radius 3 is 2.27 bits per heavy atom. The first-order chi connectivity index (χ1) is 12.5. The molecule has 2 aromatic rings. The van der Waals surface area contributed by atoms with Crippen molar-refractivity contribution in [2.75, 3.05) is 20.8 Å². The Labute approximate surface area is 150 Å². The summed E-state index contributed by atoms with van der Waals surface area (Å²) in [5, 5.41) is 2.15. The van der Waals surface area contributed by atoms with Crippen LogP contribution < -0.4 is 14.8 Å². The zero-order valence-electron chi connectivity index (χ0n) is 14.5. The van der Waals surface area contributed by atoms with E-state index in [0.29, 0.717) is 22.6 Å². The molecule has 0 saturated heterocycles. The summed E-state index contributed by atoms with van der Waals surface area (Å²) in [6.07, 6.45) is -0.0380. The summed E-state index contributed by atoms with van der Waals surface area (Å²) < 4.78 is 15.0. The Bertz CT molecular complexity index is 785. The van der Waals surface area contributed by atoms with E-state index in [0.717, 1.165) is 0 Å². The largest absolute Gasteiger partial charge is 0.497 e. The molecule has 136 valence electrons. The second-order valence-corrected chi connectivity index (χ2v) is 5.26. The molecule has 2 amide bonds. The van der Waals surface area contributed by atoms with Crippen molar-refractivity contribution < 1.29 is 28.6 Å². The molecule has 0 aliphatic heterocycles. The standard InChI is InChI=1S/C19H19NO6/c1-24-15-9-7-13(8-10-15)19(23)20-17(21)12-26-18(22)11-14-5-3-4-6-16(14)25-2/h3-10H,11-12H2,1-2H3,(H,20,21,23). The minimum Gasteiger partial charge on any atom is -0.497 e. The van der Waals surface area contributed by atoms with E-state index in [-0.39, 0.29) is 6.42 Å². The van der Waals surface area contributed by atoms with E-state index in [9.17, 15) is 14.4 Å². The Morgan fingerprint density at radius 1 is 0.923 bits per heavy atom. The van der Waals surface area contributed by atoms with Crippen LogP contribution in [0.15, 0.2) is 48.5 Å². The van der Waals surface area contributed by atoms with Gasteiger partial charge in [0.05, 0.1) is 20.6 Å². The Hall–Kier alpha value is -3.35. The molecule has 0 aliphatic carbocycles. The van der Waals surface area contributed by atoms with Crippen LogP contribution in [-0.4, -0.2) is 38.6 Å². The number of benzene rings is 2. The van der Waals surface area contributed by atoms with Gasteiger partial charge in [-0.05, 0) is 30.3 Å². The first-order valence-electron chi connectivity index (χ1n) is 7.79. The van der Waals surface area contributed by atoms with Gasteiger partial charge >= 0.3 is 5.97 Å². The normalized spacial score (nSPS) is 9.92. The number of carbonyl (C=O) groups is 3. The van der Waals surface area contributed by atoms with Gasteiger partial charge in [-0.15, -0.1) is 0 Å². The summed E-state index contributed by atoms with van der Waals surface area (Å²) >= 11 is 0. The number of ether oxygens (including phenoxy) is 3. The van der Waals surface area contributed by atoms with Crippen molar-refractivity contribution in [3.8, 4) is 11.5 Å². The maximum Gasteiger partial charge on any atom is 0.310 e. The summed E-state index contributed by atoms with van der Waals surface area (Å²) in [6, 6.07) is 13.3. The molecule has 0 aromatic heterocycles.